The summed E-state index contributed by atoms with van der Waals surface area (Å²) in [7, 11) is 0. The molecule has 4 nitrogen and oxygen atoms in total. The van der Waals surface area contributed by atoms with E-state index in [0.717, 1.165) is 6.07 Å². The van der Waals surface area contributed by atoms with Crippen molar-refractivity contribution in [3.63, 3.8) is 0 Å². The molecule has 0 aliphatic heterocycles. The molecule has 0 aliphatic rings. The summed E-state index contributed by atoms with van der Waals surface area (Å²) in [5, 5.41) is 3.50. The molecule has 128 valence electrons. The fourth-order valence-corrected chi connectivity index (χ4v) is 3.25. The summed E-state index contributed by atoms with van der Waals surface area (Å²) in [5.41, 5.74) is -0.434. The maximum atomic E-state index is 14.1. The summed E-state index contributed by atoms with van der Waals surface area (Å²) >= 11 is 18.0. The normalized spacial score (nSPS) is 10.9. The van der Waals surface area contributed by atoms with Crippen molar-refractivity contribution < 1.29 is 9.18 Å². The number of pyridine rings is 1. The number of nitrogens with one attached hydrogen (secondary N) is 2. The van der Waals surface area contributed by atoms with Gasteiger partial charge in [-0.3, -0.25) is 9.59 Å². The zero-order chi connectivity index (χ0) is 18.3. The van der Waals surface area contributed by atoms with Crippen LogP contribution >= 0.6 is 34.8 Å². The van der Waals surface area contributed by atoms with Gasteiger partial charge in [-0.15, -0.1) is 0 Å². The number of hydrogen-bond donors (Lipinski definition) is 2. The first-order valence-electron chi connectivity index (χ1n) is 7.06. The van der Waals surface area contributed by atoms with Crippen molar-refractivity contribution in [2.24, 2.45) is 0 Å². The highest BCUT2D eigenvalue weighted by Gasteiger charge is 2.20. The van der Waals surface area contributed by atoms with E-state index in [0.29, 0.717) is 15.7 Å². The van der Waals surface area contributed by atoms with Crippen LogP contribution in [0.15, 0.2) is 35.1 Å². The third-order valence-corrected chi connectivity index (χ3v) is 4.29. The van der Waals surface area contributed by atoms with E-state index >= 15 is 0 Å². The molecule has 0 spiro atoms. The lowest BCUT2D eigenvalue weighted by atomic mass is 10.1. The monoisotopic (exact) mass is 398 g/mol. The van der Waals surface area contributed by atoms with Gasteiger partial charge in [0.2, 0.25) is 5.43 Å². The van der Waals surface area contributed by atoms with Gasteiger partial charge >= 0.3 is 0 Å². The van der Waals surface area contributed by atoms with E-state index in [9.17, 15) is 14.0 Å². The molecule has 0 aliphatic carbocycles. The number of hydrogen-bond acceptors (Lipinski definition) is 3. The Morgan fingerprint density at radius 1 is 1.12 bits per heavy atom. The summed E-state index contributed by atoms with van der Waals surface area (Å²) in [5.74, 6) is -1.21. The van der Waals surface area contributed by atoms with E-state index in [1.165, 1.54) is 19.1 Å². The van der Waals surface area contributed by atoms with Crippen molar-refractivity contribution in [3.05, 3.63) is 67.0 Å². The van der Waals surface area contributed by atoms with Crippen molar-refractivity contribution in [2.75, 3.05) is 5.32 Å². The van der Waals surface area contributed by atoms with Gasteiger partial charge in [0.15, 0.2) is 5.78 Å². The van der Waals surface area contributed by atoms with Crippen molar-refractivity contribution in [2.45, 2.75) is 6.92 Å². The molecular weight excluding hydrogens is 390 g/mol. The SMILES string of the molecule is CC(=O)c1c(Nc2cc(Cl)cc(Cl)c2)[nH]c2c(Cl)ccc(F)c2c1=O. The number of Topliss-reactive ketones (excluding diaryl/α,β-unsaturated/α-hetero) is 1. The zero-order valence-corrected chi connectivity index (χ0v) is 15.0. The fraction of sp³-hybridized carbons (Fsp3) is 0.0588. The maximum Gasteiger partial charge on any atom is 0.205 e. The fourth-order valence-electron chi connectivity index (χ4n) is 2.52. The van der Waals surface area contributed by atoms with Gasteiger partial charge in [-0.2, -0.15) is 0 Å². The molecule has 1 heterocycles. The second kappa shape index (κ2) is 6.67. The van der Waals surface area contributed by atoms with Gasteiger partial charge in [0.1, 0.15) is 17.2 Å². The van der Waals surface area contributed by atoms with Crippen LogP contribution in [0.2, 0.25) is 15.1 Å². The average molecular weight is 400 g/mol. The summed E-state index contributed by atoms with van der Waals surface area (Å²) in [6.45, 7) is 1.22. The van der Waals surface area contributed by atoms with E-state index < -0.39 is 17.0 Å². The third-order valence-electron chi connectivity index (χ3n) is 3.54. The number of carbonyl (C=O) groups excluding carboxylic acids is 1. The molecule has 0 amide bonds. The van der Waals surface area contributed by atoms with E-state index in [4.69, 9.17) is 34.8 Å². The lowest BCUT2D eigenvalue weighted by Crippen LogP contribution is -2.18. The molecule has 0 saturated heterocycles. The number of halogens is 4. The lowest BCUT2D eigenvalue weighted by molar-refractivity contribution is 0.101. The number of benzene rings is 2. The number of fused-ring (bicyclic) bond motifs is 1. The van der Waals surface area contributed by atoms with Crippen LogP contribution < -0.4 is 10.7 Å². The summed E-state index contributed by atoms with van der Waals surface area (Å²) in [4.78, 5) is 27.5. The Kier molecular flexibility index (Phi) is 4.73. The zero-order valence-electron chi connectivity index (χ0n) is 12.7. The van der Waals surface area contributed by atoms with Gasteiger partial charge in [-0.25, -0.2) is 4.39 Å². The summed E-state index contributed by atoms with van der Waals surface area (Å²) < 4.78 is 14.1. The first-order valence-corrected chi connectivity index (χ1v) is 8.19. The number of aromatic amines is 1. The van der Waals surface area contributed by atoms with Crippen LogP contribution in [0.4, 0.5) is 15.9 Å². The molecule has 0 atom stereocenters. The third kappa shape index (κ3) is 3.35. The second-order valence-corrected chi connectivity index (χ2v) is 6.60. The van der Waals surface area contributed by atoms with E-state index in [2.05, 4.69) is 10.3 Å². The first kappa shape index (κ1) is 17.7. The van der Waals surface area contributed by atoms with Crippen LogP contribution in [0.25, 0.3) is 10.9 Å². The van der Waals surface area contributed by atoms with Crippen molar-refractivity contribution >= 4 is 63.0 Å². The van der Waals surface area contributed by atoms with Crippen LogP contribution in [0.3, 0.4) is 0 Å². The minimum Gasteiger partial charge on any atom is -0.341 e. The minimum absolute atomic E-state index is 0.0795. The van der Waals surface area contributed by atoms with Crippen molar-refractivity contribution in [1.29, 1.82) is 0 Å². The molecule has 0 radical (unpaired) electrons. The smallest absolute Gasteiger partial charge is 0.205 e. The van der Waals surface area contributed by atoms with Crippen molar-refractivity contribution in [3.8, 4) is 0 Å². The molecule has 0 fully saturated rings. The molecule has 25 heavy (non-hydrogen) atoms. The van der Waals surface area contributed by atoms with Crippen LogP contribution in [0.5, 0.6) is 0 Å². The summed E-state index contributed by atoms with van der Waals surface area (Å²) in [6.07, 6.45) is 0. The van der Waals surface area contributed by atoms with Crippen LogP contribution in [0, 0.1) is 5.82 Å². The molecule has 2 N–H and O–H groups in total. The maximum absolute atomic E-state index is 14.1. The van der Waals surface area contributed by atoms with Gasteiger partial charge in [0, 0.05) is 15.7 Å². The number of carbonyl (C=O) groups is 1. The van der Waals surface area contributed by atoms with E-state index in [1.807, 2.05) is 0 Å². The Morgan fingerprint density at radius 2 is 1.76 bits per heavy atom. The standard InChI is InChI=1S/C17H10Cl3FN2O2/c1-7(24)13-16(25)14-12(21)3-2-11(20)15(14)23-17(13)22-10-5-8(18)4-9(19)6-10/h2-6H,1H3,(H2,22,23,25). The van der Waals surface area contributed by atoms with Crippen LogP contribution in [-0.2, 0) is 0 Å². The number of aromatic nitrogens is 1. The second-order valence-electron chi connectivity index (χ2n) is 5.32. The molecule has 3 rings (SSSR count). The molecule has 0 unspecified atom stereocenters. The molecule has 1 aromatic heterocycles. The summed E-state index contributed by atoms with van der Waals surface area (Å²) in [6, 6.07) is 7.06. The van der Waals surface area contributed by atoms with Gasteiger partial charge in [-0.05, 0) is 37.3 Å². The Morgan fingerprint density at radius 3 is 2.36 bits per heavy atom. The average Bonchev–Trinajstić information content (AvgIpc) is 2.49. The first-order chi connectivity index (χ1) is 11.8. The topological polar surface area (TPSA) is 62.0 Å². The molecule has 0 bridgehead atoms. The highest BCUT2D eigenvalue weighted by Crippen LogP contribution is 2.29. The van der Waals surface area contributed by atoms with Crippen molar-refractivity contribution in [1.82, 2.24) is 4.98 Å². The Hall–Kier alpha value is -2.08. The quantitative estimate of drug-likeness (QED) is 0.566. The molecule has 3 aromatic rings. The Labute approximate surface area is 156 Å². The Balaban J connectivity index is 2.30. The lowest BCUT2D eigenvalue weighted by Gasteiger charge is -2.13. The molecular formula is C17H10Cl3FN2O2. The molecule has 2 aromatic carbocycles. The van der Waals surface area contributed by atoms with E-state index in [-0.39, 0.29) is 27.3 Å². The highest BCUT2D eigenvalue weighted by atomic mass is 35.5. The van der Waals surface area contributed by atoms with Crippen LogP contribution in [-0.4, -0.2) is 10.8 Å². The van der Waals surface area contributed by atoms with Gasteiger partial charge in [-0.1, -0.05) is 34.8 Å². The van der Waals surface area contributed by atoms with Gasteiger partial charge in [0.25, 0.3) is 0 Å². The van der Waals surface area contributed by atoms with Crippen LogP contribution in [0.1, 0.15) is 17.3 Å². The predicted molar refractivity (Wildman–Crippen MR) is 99.3 cm³/mol. The van der Waals surface area contributed by atoms with Gasteiger partial charge < -0.3 is 10.3 Å². The predicted octanol–water partition coefficient (Wildman–Crippen LogP) is 5.57. The number of H-pyrrole nitrogens is 1. The largest absolute Gasteiger partial charge is 0.341 e. The van der Waals surface area contributed by atoms with Gasteiger partial charge in [0.05, 0.1) is 15.9 Å². The highest BCUT2D eigenvalue weighted by molar-refractivity contribution is 6.35. The molecule has 0 saturated carbocycles. The van der Waals surface area contributed by atoms with E-state index in [1.54, 1.807) is 12.1 Å². The minimum atomic E-state index is -0.763. The molecule has 8 heteroatoms. The number of ketones is 1. The number of rotatable bonds is 3. The number of anilines is 2. The Bertz CT molecular complexity index is 1060.